The highest BCUT2D eigenvalue weighted by Crippen LogP contribution is 2.37. The molecule has 0 aliphatic rings. The van der Waals surface area contributed by atoms with Gasteiger partial charge < -0.3 is 14.6 Å². The van der Waals surface area contributed by atoms with E-state index in [1.54, 1.807) is 25.3 Å². The number of ether oxygens (including phenoxy) is 2. The first-order valence-corrected chi connectivity index (χ1v) is 7.19. The monoisotopic (exact) mass is 354 g/mol. The van der Waals surface area contributed by atoms with Crippen LogP contribution >= 0.6 is 15.9 Å². The standard InChI is InChI=1S/C16H16BrFO3/c1-10-5-13(18)4-3-12(10)9-21-16-14(17)6-11(8-19)7-15(16)20-2/h3-7,19H,8-9H2,1-2H3. The van der Waals surface area contributed by atoms with Crippen molar-refractivity contribution in [1.29, 1.82) is 0 Å². The highest BCUT2D eigenvalue weighted by atomic mass is 79.9. The largest absolute Gasteiger partial charge is 0.493 e. The second-order valence-corrected chi connectivity index (χ2v) is 5.48. The van der Waals surface area contributed by atoms with Crippen LogP contribution in [0.15, 0.2) is 34.8 Å². The lowest BCUT2D eigenvalue weighted by Gasteiger charge is -2.15. The molecule has 5 heteroatoms. The molecule has 0 amide bonds. The van der Waals surface area contributed by atoms with Crippen LogP contribution in [0, 0.1) is 12.7 Å². The van der Waals surface area contributed by atoms with E-state index in [1.807, 2.05) is 6.92 Å². The Labute approximate surface area is 131 Å². The van der Waals surface area contributed by atoms with Crippen LogP contribution in [0.5, 0.6) is 11.5 Å². The van der Waals surface area contributed by atoms with Gasteiger partial charge in [0, 0.05) is 0 Å². The predicted octanol–water partition coefficient (Wildman–Crippen LogP) is 3.98. The summed E-state index contributed by atoms with van der Waals surface area (Å²) in [4.78, 5) is 0. The SMILES string of the molecule is COc1cc(CO)cc(Br)c1OCc1ccc(F)cc1C. The summed E-state index contributed by atoms with van der Waals surface area (Å²) in [7, 11) is 1.54. The number of halogens is 2. The van der Waals surface area contributed by atoms with E-state index in [1.165, 1.54) is 12.1 Å². The first-order valence-electron chi connectivity index (χ1n) is 6.40. The summed E-state index contributed by atoms with van der Waals surface area (Å²) < 4.78 is 24.9. The molecule has 0 aliphatic heterocycles. The zero-order valence-corrected chi connectivity index (χ0v) is 13.4. The van der Waals surface area contributed by atoms with Crippen molar-refractivity contribution in [2.75, 3.05) is 7.11 Å². The van der Waals surface area contributed by atoms with E-state index in [2.05, 4.69) is 15.9 Å². The average Bonchev–Trinajstić information content (AvgIpc) is 2.46. The molecule has 112 valence electrons. The molecular formula is C16H16BrFO3. The number of hydrogen-bond acceptors (Lipinski definition) is 3. The molecule has 2 aromatic carbocycles. The Morgan fingerprint density at radius 3 is 2.62 bits per heavy atom. The molecule has 0 saturated carbocycles. The number of hydrogen-bond donors (Lipinski definition) is 1. The summed E-state index contributed by atoms with van der Waals surface area (Å²) in [5.74, 6) is 0.828. The van der Waals surface area contributed by atoms with Gasteiger partial charge in [-0.3, -0.25) is 0 Å². The maximum absolute atomic E-state index is 13.1. The van der Waals surface area contributed by atoms with Gasteiger partial charge in [-0.25, -0.2) is 4.39 Å². The normalized spacial score (nSPS) is 10.5. The van der Waals surface area contributed by atoms with E-state index in [4.69, 9.17) is 9.47 Å². The Balaban J connectivity index is 2.23. The van der Waals surface area contributed by atoms with Gasteiger partial charge in [-0.15, -0.1) is 0 Å². The molecule has 0 bridgehead atoms. The highest BCUT2D eigenvalue weighted by Gasteiger charge is 2.12. The molecule has 2 rings (SSSR count). The number of rotatable bonds is 5. The van der Waals surface area contributed by atoms with Crippen molar-refractivity contribution in [2.45, 2.75) is 20.1 Å². The number of aliphatic hydroxyl groups is 1. The minimum atomic E-state index is -0.262. The van der Waals surface area contributed by atoms with E-state index < -0.39 is 0 Å². The molecule has 0 atom stereocenters. The first kappa shape index (κ1) is 15.8. The van der Waals surface area contributed by atoms with Crippen molar-refractivity contribution < 1.29 is 19.0 Å². The van der Waals surface area contributed by atoms with Gasteiger partial charge in [0.2, 0.25) is 0 Å². The molecule has 21 heavy (non-hydrogen) atoms. The van der Waals surface area contributed by atoms with Gasteiger partial charge in [0.15, 0.2) is 11.5 Å². The van der Waals surface area contributed by atoms with Crippen LogP contribution in [-0.4, -0.2) is 12.2 Å². The van der Waals surface area contributed by atoms with Gasteiger partial charge in [-0.1, -0.05) is 6.07 Å². The molecule has 0 spiro atoms. The summed E-state index contributed by atoms with van der Waals surface area (Å²) in [5.41, 5.74) is 2.46. The van der Waals surface area contributed by atoms with Crippen molar-refractivity contribution >= 4 is 15.9 Å². The summed E-state index contributed by atoms with van der Waals surface area (Å²) in [6, 6.07) is 8.08. The van der Waals surface area contributed by atoms with Gasteiger partial charge in [-0.05, 0) is 63.8 Å². The Morgan fingerprint density at radius 2 is 2.00 bits per heavy atom. The van der Waals surface area contributed by atoms with Gasteiger partial charge in [-0.2, -0.15) is 0 Å². The van der Waals surface area contributed by atoms with Crippen LogP contribution in [0.25, 0.3) is 0 Å². The molecular weight excluding hydrogens is 339 g/mol. The predicted molar refractivity (Wildman–Crippen MR) is 82.1 cm³/mol. The third-order valence-corrected chi connectivity index (χ3v) is 3.74. The molecule has 0 heterocycles. The maximum Gasteiger partial charge on any atom is 0.175 e. The van der Waals surface area contributed by atoms with Gasteiger partial charge in [0.25, 0.3) is 0 Å². The van der Waals surface area contributed by atoms with E-state index in [-0.39, 0.29) is 12.4 Å². The van der Waals surface area contributed by atoms with Crippen LogP contribution in [0.4, 0.5) is 4.39 Å². The van der Waals surface area contributed by atoms with Crippen molar-refractivity contribution in [2.24, 2.45) is 0 Å². The third kappa shape index (κ3) is 3.74. The lowest BCUT2D eigenvalue weighted by atomic mass is 10.1. The number of aryl methyl sites for hydroxylation is 1. The minimum absolute atomic E-state index is 0.0771. The Bertz CT molecular complexity index is 644. The molecule has 0 saturated heterocycles. The van der Waals surface area contributed by atoms with E-state index >= 15 is 0 Å². The number of benzene rings is 2. The molecule has 3 nitrogen and oxygen atoms in total. The Hall–Kier alpha value is -1.59. The zero-order chi connectivity index (χ0) is 15.4. The van der Waals surface area contributed by atoms with Crippen LogP contribution in [-0.2, 0) is 13.2 Å². The van der Waals surface area contributed by atoms with Crippen LogP contribution in [0.3, 0.4) is 0 Å². The quantitative estimate of drug-likeness (QED) is 0.882. The second-order valence-electron chi connectivity index (χ2n) is 4.63. The van der Waals surface area contributed by atoms with Crippen LogP contribution in [0.1, 0.15) is 16.7 Å². The van der Waals surface area contributed by atoms with Crippen molar-refractivity contribution in [3.8, 4) is 11.5 Å². The maximum atomic E-state index is 13.1. The first-order chi connectivity index (χ1) is 10.0. The molecule has 0 aromatic heterocycles. The lowest BCUT2D eigenvalue weighted by molar-refractivity contribution is 0.272. The fourth-order valence-corrected chi connectivity index (χ4v) is 2.58. The summed E-state index contributed by atoms with van der Waals surface area (Å²) in [5, 5.41) is 9.19. The van der Waals surface area contributed by atoms with Crippen LogP contribution < -0.4 is 9.47 Å². The highest BCUT2D eigenvalue weighted by molar-refractivity contribution is 9.10. The van der Waals surface area contributed by atoms with E-state index in [0.29, 0.717) is 22.6 Å². The fraction of sp³-hybridized carbons (Fsp3) is 0.250. The molecule has 0 fully saturated rings. The van der Waals surface area contributed by atoms with E-state index in [0.717, 1.165) is 16.7 Å². The second kappa shape index (κ2) is 6.91. The van der Waals surface area contributed by atoms with Gasteiger partial charge in [0.1, 0.15) is 12.4 Å². The Kier molecular flexibility index (Phi) is 5.20. The summed E-state index contributed by atoms with van der Waals surface area (Å²) >= 11 is 3.41. The molecule has 0 unspecified atom stereocenters. The number of aliphatic hydroxyl groups excluding tert-OH is 1. The van der Waals surface area contributed by atoms with Gasteiger partial charge in [0.05, 0.1) is 18.2 Å². The van der Waals surface area contributed by atoms with Gasteiger partial charge >= 0.3 is 0 Å². The van der Waals surface area contributed by atoms with Crippen molar-refractivity contribution in [3.05, 3.63) is 57.3 Å². The molecule has 1 N–H and O–H groups in total. The lowest BCUT2D eigenvalue weighted by Crippen LogP contribution is -2.01. The van der Waals surface area contributed by atoms with Crippen LogP contribution in [0.2, 0.25) is 0 Å². The molecule has 2 aromatic rings. The fourth-order valence-electron chi connectivity index (χ4n) is 1.98. The minimum Gasteiger partial charge on any atom is -0.493 e. The van der Waals surface area contributed by atoms with Crippen molar-refractivity contribution in [1.82, 2.24) is 0 Å². The summed E-state index contributed by atoms with van der Waals surface area (Å²) in [6.07, 6.45) is 0. The summed E-state index contributed by atoms with van der Waals surface area (Å²) in [6.45, 7) is 2.06. The zero-order valence-electron chi connectivity index (χ0n) is 11.8. The smallest absolute Gasteiger partial charge is 0.175 e. The topological polar surface area (TPSA) is 38.7 Å². The van der Waals surface area contributed by atoms with E-state index in [9.17, 15) is 9.50 Å². The molecule has 0 aliphatic carbocycles. The molecule has 0 radical (unpaired) electrons. The van der Waals surface area contributed by atoms with Crippen molar-refractivity contribution in [3.63, 3.8) is 0 Å². The average molecular weight is 355 g/mol. The Morgan fingerprint density at radius 1 is 1.24 bits per heavy atom. The number of methoxy groups -OCH3 is 1. The third-order valence-electron chi connectivity index (χ3n) is 3.15.